The Kier molecular flexibility index (Phi) is 4.81. The van der Waals surface area contributed by atoms with Gasteiger partial charge in [0.2, 0.25) is 0 Å². The van der Waals surface area contributed by atoms with Gasteiger partial charge in [-0.15, -0.1) is 0 Å². The van der Waals surface area contributed by atoms with Crippen LogP contribution in [0.1, 0.15) is 32.4 Å². The van der Waals surface area contributed by atoms with E-state index in [0.29, 0.717) is 12.2 Å². The van der Waals surface area contributed by atoms with Gasteiger partial charge < -0.3 is 15.0 Å². The third-order valence-corrected chi connectivity index (χ3v) is 3.39. The van der Waals surface area contributed by atoms with Crippen molar-refractivity contribution in [2.24, 2.45) is 5.73 Å². The van der Waals surface area contributed by atoms with E-state index in [1.54, 1.807) is 4.57 Å². The van der Waals surface area contributed by atoms with Crippen molar-refractivity contribution in [3.05, 3.63) is 52.3 Å². The number of aromatic nitrogens is 1. The molecule has 2 aromatic rings. The maximum Gasteiger partial charge on any atom is 0.255 e. The predicted octanol–water partition coefficient (Wildman–Crippen LogP) is 2.95. The van der Waals surface area contributed by atoms with Gasteiger partial charge in [0.15, 0.2) is 0 Å². The standard InChI is InChI=1S/C17H22N2O2/c1-4-21-15-8-5-13(6-9-15)16-10-7-14(11-18)17(20)19(16)12(2)3/h5-10,12H,4,11,18H2,1-3H3. The molecule has 0 unspecified atom stereocenters. The molecule has 1 aromatic heterocycles. The molecule has 0 saturated heterocycles. The lowest BCUT2D eigenvalue weighted by molar-refractivity contribution is 0.340. The Bertz CT molecular complexity index is 657. The van der Waals surface area contributed by atoms with Gasteiger partial charge >= 0.3 is 0 Å². The minimum absolute atomic E-state index is 0.0149. The summed E-state index contributed by atoms with van der Waals surface area (Å²) in [5.41, 5.74) is 8.15. The van der Waals surface area contributed by atoms with Gasteiger partial charge in [-0.3, -0.25) is 4.79 Å². The first kappa shape index (κ1) is 15.3. The second-order valence-corrected chi connectivity index (χ2v) is 5.17. The van der Waals surface area contributed by atoms with Crippen LogP contribution in [0.2, 0.25) is 0 Å². The highest BCUT2D eigenvalue weighted by atomic mass is 16.5. The Morgan fingerprint density at radius 3 is 2.33 bits per heavy atom. The highest BCUT2D eigenvalue weighted by Crippen LogP contribution is 2.24. The second kappa shape index (κ2) is 6.59. The maximum atomic E-state index is 12.5. The van der Waals surface area contributed by atoms with Gasteiger partial charge in [-0.1, -0.05) is 6.07 Å². The largest absolute Gasteiger partial charge is 0.494 e. The van der Waals surface area contributed by atoms with Crippen molar-refractivity contribution in [3.63, 3.8) is 0 Å². The number of ether oxygens (including phenoxy) is 1. The molecule has 0 aliphatic rings. The van der Waals surface area contributed by atoms with Gasteiger partial charge in [0.05, 0.1) is 12.3 Å². The minimum atomic E-state index is -0.0149. The third-order valence-electron chi connectivity index (χ3n) is 3.39. The zero-order valence-electron chi connectivity index (χ0n) is 12.8. The average molecular weight is 286 g/mol. The fourth-order valence-corrected chi connectivity index (χ4v) is 2.39. The van der Waals surface area contributed by atoms with Crippen LogP contribution in [0.5, 0.6) is 5.75 Å². The number of hydrogen-bond acceptors (Lipinski definition) is 3. The number of nitrogens with zero attached hydrogens (tertiary/aromatic N) is 1. The van der Waals surface area contributed by atoms with E-state index in [9.17, 15) is 4.79 Å². The number of rotatable bonds is 5. The zero-order valence-corrected chi connectivity index (χ0v) is 12.8. The summed E-state index contributed by atoms with van der Waals surface area (Å²) in [6.07, 6.45) is 0. The van der Waals surface area contributed by atoms with Crippen LogP contribution >= 0.6 is 0 Å². The molecule has 21 heavy (non-hydrogen) atoms. The van der Waals surface area contributed by atoms with E-state index in [4.69, 9.17) is 10.5 Å². The van der Waals surface area contributed by atoms with Crippen LogP contribution in [0.3, 0.4) is 0 Å². The summed E-state index contributed by atoms with van der Waals surface area (Å²) >= 11 is 0. The van der Waals surface area contributed by atoms with Crippen molar-refractivity contribution in [2.75, 3.05) is 6.61 Å². The first-order chi connectivity index (χ1) is 10.1. The van der Waals surface area contributed by atoms with E-state index < -0.39 is 0 Å². The van der Waals surface area contributed by atoms with E-state index in [2.05, 4.69) is 0 Å². The maximum absolute atomic E-state index is 12.5. The topological polar surface area (TPSA) is 57.2 Å². The molecular formula is C17H22N2O2. The molecule has 0 radical (unpaired) electrons. The van der Waals surface area contributed by atoms with Gasteiger partial charge in [-0.05, 0) is 56.7 Å². The van der Waals surface area contributed by atoms with Crippen molar-refractivity contribution in [1.82, 2.24) is 4.57 Å². The summed E-state index contributed by atoms with van der Waals surface area (Å²) in [5.74, 6) is 0.832. The molecule has 2 rings (SSSR count). The van der Waals surface area contributed by atoms with Gasteiger partial charge in [0.1, 0.15) is 5.75 Å². The van der Waals surface area contributed by atoms with Crippen molar-refractivity contribution >= 4 is 0 Å². The average Bonchev–Trinajstić information content (AvgIpc) is 2.47. The van der Waals surface area contributed by atoms with Crippen molar-refractivity contribution in [1.29, 1.82) is 0 Å². The quantitative estimate of drug-likeness (QED) is 0.919. The molecule has 0 bridgehead atoms. The summed E-state index contributed by atoms with van der Waals surface area (Å²) in [6.45, 7) is 6.85. The van der Waals surface area contributed by atoms with Crippen LogP contribution in [-0.4, -0.2) is 11.2 Å². The molecular weight excluding hydrogens is 264 g/mol. The Balaban J connectivity index is 2.53. The monoisotopic (exact) mass is 286 g/mol. The molecule has 0 atom stereocenters. The Morgan fingerprint density at radius 2 is 1.81 bits per heavy atom. The van der Waals surface area contributed by atoms with E-state index in [-0.39, 0.29) is 18.1 Å². The number of hydrogen-bond donors (Lipinski definition) is 1. The van der Waals surface area contributed by atoms with Crippen LogP contribution in [-0.2, 0) is 6.54 Å². The number of benzene rings is 1. The highest BCUT2D eigenvalue weighted by Gasteiger charge is 2.12. The normalized spacial score (nSPS) is 10.9. The molecule has 4 heteroatoms. The van der Waals surface area contributed by atoms with Crippen LogP contribution in [0.25, 0.3) is 11.3 Å². The molecule has 4 nitrogen and oxygen atoms in total. The van der Waals surface area contributed by atoms with Gasteiger partial charge in [0, 0.05) is 18.2 Å². The molecule has 1 heterocycles. The summed E-state index contributed by atoms with van der Waals surface area (Å²) in [4.78, 5) is 12.5. The summed E-state index contributed by atoms with van der Waals surface area (Å²) in [5, 5.41) is 0. The van der Waals surface area contributed by atoms with Gasteiger partial charge in [0.25, 0.3) is 5.56 Å². The molecule has 0 saturated carbocycles. The van der Waals surface area contributed by atoms with Crippen LogP contribution in [0, 0.1) is 0 Å². The van der Waals surface area contributed by atoms with Crippen LogP contribution < -0.4 is 16.0 Å². The molecule has 2 N–H and O–H groups in total. The van der Waals surface area contributed by atoms with Crippen LogP contribution in [0.4, 0.5) is 0 Å². The number of nitrogens with two attached hydrogens (primary N) is 1. The Morgan fingerprint density at radius 1 is 1.14 bits per heavy atom. The molecule has 0 amide bonds. The Hall–Kier alpha value is -2.07. The molecule has 0 fully saturated rings. The lowest BCUT2D eigenvalue weighted by Crippen LogP contribution is -2.27. The molecule has 0 spiro atoms. The van der Waals surface area contributed by atoms with Gasteiger partial charge in [-0.2, -0.15) is 0 Å². The smallest absolute Gasteiger partial charge is 0.255 e. The number of pyridine rings is 1. The predicted molar refractivity (Wildman–Crippen MR) is 85.6 cm³/mol. The van der Waals surface area contributed by atoms with Crippen LogP contribution in [0.15, 0.2) is 41.2 Å². The molecule has 112 valence electrons. The summed E-state index contributed by atoms with van der Waals surface area (Å²) in [6, 6.07) is 11.6. The van der Waals surface area contributed by atoms with E-state index in [1.807, 2.05) is 57.2 Å². The lowest BCUT2D eigenvalue weighted by atomic mass is 10.1. The minimum Gasteiger partial charge on any atom is -0.494 e. The zero-order chi connectivity index (χ0) is 15.4. The van der Waals surface area contributed by atoms with E-state index in [0.717, 1.165) is 17.0 Å². The molecule has 0 aliphatic carbocycles. The fourth-order valence-electron chi connectivity index (χ4n) is 2.39. The van der Waals surface area contributed by atoms with Crippen molar-refractivity contribution < 1.29 is 4.74 Å². The lowest BCUT2D eigenvalue weighted by Gasteiger charge is -2.18. The second-order valence-electron chi connectivity index (χ2n) is 5.17. The van der Waals surface area contributed by atoms with E-state index >= 15 is 0 Å². The van der Waals surface area contributed by atoms with E-state index in [1.165, 1.54) is 0 Å². The van der Waals surface area contributed by atoms with Crippen molar-refractivity contribution in [2.45, 2.75) is 33.4 Å². The fraction of sp³-hybridized carbons (Fsp3) is 0.353. The van der Waals surface area contributed by atoms with Crippen molar-refractivity contribution in [3.8, 4) is 17.0 Å². The highest BCUT2D eigenvalue weighted by molar-refractivity contribution is 5.61. The first-order valence-electron chi connectivity index (χ1n) is 7.26. The SMILES string of the molecule is CCOc1ccc(-c2ccc(CN)c(=O)n2C(C)C)cc1. The summed E-state index contributed by atoms with van der Waals surface area (Å²) < 4.78 is 7.24. The first-order valence-corrected chi connectivity index (χ1v) is 7.26. The van der Waals surface area contributed by atoms with Gasteiger partial charge in [-0.25, -0.2) is 0 Å². The third kappa shape index (κ3) is 3.16. The molecule has 0 aliphatic heterocycles. The Labute approximate surface area is 125 Å². The summed E-state index contributed by atoms with van der Waals surface area (Å²) in [7, 11) is 0. The molecule has 1 aromatic carbocycles.